The van der Waals surface area contributed by atoms with E-state index < -0.39 is 0 Å². The molecule has 3 heterocycles. The molecule has 5 rings (SSSR count). The maximum Gasteiger partial charge on any atom is 0.293 e. The number of piperidine rings is 1. The number of hydrogen-bond donors (Lipinski definition) is 2. The monoisotopic (exact) mass is 532 g/mol. The molecule has 0 saturated carbocycles. The smallest absolute Gasteiger partial charge is 0.293 e. The summed E-state index contributed by atoms with van der Waals surface area (Å²) in [6.45, 7) is 4.05. The predicted molar refractivity (Wildman–Crippen MR) is 152 cm³/mol. The minimum atomic E-state index is -0.215. The van der Waals surface area contributed by atoms with Crippen molar-refractivity contribution >= 4 is 34.1 Å². The summed E-state index contributed by atoms with van der Waals surface area (Å²) in [6.07, 6.45) is 6.41. The molecule has 1 aliphatic heterocycles. The van der Waals surface area contributed by atoms with E-state index >= 15 is 0 Å². The molecule has 0 bridgehead atoms. The van der Waals surface area contributed by atoms with Crippen LogP contribution in [0.25, 0.3) is 16.6 Å². The van der Waals surface area contributed by atoms with Crippen molar-refractivity contribution in [2.45, 2.75) is 45.1 Å². The predicted octanol–water partition coefficient (Wildman–Crippen LogP) is 3.87. The number of rotatable bonds is 7. The van der Waals surface area contributed by atoms with Crippen molar-refractivity contribution in [1.82, 2.24) is 24.8 Å². The number of hydrogen-bond acceptors (Lipinski definition) is 8. The molecule has 10 nitrogen and oxygen atoms in total. The molecule has 1 fully saturated rings. The van der Waals surface area contributed by atoms with Crippen LogP contribution in [0.5, 0.6) is 11.5 Å². The molecule has 2 aliphatic rings. The number of aryl methyl sites for hydroxylation is 1. The lowest BCUT2D eigenvalue weighted by Gasteiger charge is -2.29. The highest BCUT2D eigenvalue weighted by molar-refractivity contribution is 5.96. The van der Waals surface area contributed by atoms with Gasteiger partial charge >= 0.3 is 0 Å². The average Bonchev–Trinajstić information content (AvgIpc) is 3.37. The van der Waals surface area contributed by atoms with Gasteiger partial charge in [-0.1, -0.05) is 5.57 Å². The number of nitrogens with one attached hydrogen (secondary N) is 2. The van der Waals surface area contributed by atoms with Gasteiger partial charge in [0.2, 0.25) is 5.95 Å². The first kappa shape index (κ1) is 26.7. The first-order chi connectivity index (χ1) is 18.8. The third kappa shape index (κ3) is 5.21. The first-order valence-electron chi connectivity index (χ1n) is 13.4. The van der Waals surface area contributed by atoms with Crippen LogP contribution in [0, 0.1) is 0 Å². The van der Waals surface area contributed by atoms with Gasteiger partial charge in [-0.15, -0.1) is 0 Å². The van der Waals surface area contributed by atoms with Crippen LogP contribution in [-0.2, 0) is 7.05 Å². The van der Waals surface area contributed by atoms with Gasteiger partial charge in [0.05, 0.1) is 37.2 Å². The normalized spacial score (nSPS) is 16.5. The van der Waals surface area contributed by atoms with Crippen molar-refractivity contribution in [3.63, 3.8) is 0 Å². The molecule has 39 heavy (non-hydrogen) atoms. The van der Waals surface area contributed by atoms with Crippen LogP contribution in [0.4, 0.5) is 11.6 Å². The number of pyridine rings is 1. The zero-order chi connectivity index (χ0) is 27.7. The Bertz CT molecular complexity index is 1500. The number of amides is 1. The molecule has 2 aromatic heterocycles. The lowest BCUT2D eigenvalue weighted by atomic mass is 10.0. The summed E-state index contributed by atoms with van der Waals surface area (Å²) in [5.74, 6) is 1.03. The second-order valence-corrected chi connectivity index (χ2v) is 10.4. The Kier molecular flexibility index (Phi) is 7.56. The van der Waals surface area contributed by atoms with E-state index in [0.717, 1.165) is 56.3 Å². The van der Waals surface area contributed by atoms with Crippen LogP contribution < -0.4 is 25.7 Å². The van der Waals surface area contributed by atoms with Crippen LogP contribution in [0.3, 0.4) is 0 Å². The topological polar surface area (TPSA) is 111 Å². The number of aromatic nitrogens is 3. The summed E-state index contributed by atoms with van der Waals surface area (Å²) in [6, 6.07) is 5.45. The number of benzene rings is 1. The zero-order valence-electron chi connectivity index (χ0n) is 23.3. The number of allylic oxidation sites excluding steroid dienone is 2. The van der Waals surface area contributed by atoms with E-state index in [1.165, 1.54) is 17.3 Å². The van der Waals surface area contributed by atoms with Gasteiger partial charge in [0.15, 0.2) is 5.75 Å². The second-order valence-electron chi connectivity index (χ2n) is 10.4. The van der Waals surface area contributed by atoms with Gasteiger partial charge in [-0.25, -0.2) is 9.97 Å². The highest BCUT2D eigenvalue weighted by atomic mass is 16.5. The largest absolute Gasteiger partial charge is 0.495 e. The number of anilines is 2. The minimum Gasteiger partial charge on any atom is -0.495 e. The molecule has 206 valence electrons. The highest BCUT2D eigenvalue weighted by Gasteiger charge is 2.25. The van der Waals surface area contributed by atoms with Crippen molar-refractivity contribution < 1.29 is 14.3 Å². The first-order valence-corrected chi connectivity index (χ1v) is 13.4. The van der Waals surface area contributed by atoms with E-state index in [-0.39, 0.29) is 17.5 Å². The zero-order valence-corrected chi connectivity index (χ0v) is 23.3. The Morgan fingerprint density at radius 3 is 2.54 bits per heavy atom. The average molecular weight is 533 g/mol. The van der Waals surface area contributed by atoms with Crippen LogP contribution in [-0.4, -0.2) is 65.7 Å². The third-order valence-corrected chi connectivity index (χ3v) is 7.86. The van der Waals surface area contributed by atoms with Gasteiger partial charge in [-0.3, -0.25) is 9.59 Å². The number of carbonyl (C=O) groups is 1. The Morgan fingerprint density at radius 1 is 1.10 bits per heavy atom. The van der Waals surface area contributed by atoms with Gasteiger partial charge in [0.1, 0.15) is 11.3 Å². The fraction of sp³-hybridized carbons (Fsp3) is 0.448. The van der Waals surface area contributed by atoms with Crippen LogP contribution in [0.1, 0.15) is 54.9 Å². The van der Waals surface area contributed by atoms with Crippen molar-refractivity contribution in [3.8, 4) is 11.5 Å². The summed E-state index contributed by atoms with van der Waals surface area (Å²) in [5.41, 5.74) is 5.31. The molecule has 0 radical (unpaired) electrons. The van der Waals surface area contributed by atoms with Crippen LogP contribution in [0.2, 0.25) is 0 Å². The maximum atomic E-state index is 13.1. The summed E-state index contributed by atoms with van der Waals surface area (Å²) < 4.78 is 12.7. The van der Waals surface area contributed by atoms with Gasteiger partial charge < -0.3 is 29.6 Å². The summed E-state index contributed by atoms with van der Waals surface area (Å²) in [4.78, 5) is 37.6. The van der Waals surface area contributed by atoms with Gasteiger partial charge in [0, 0.05) is 18.7 Å². The Balaban J connectivity index is 1.47. The molecular weight excluding hydrogens is 496 g/mol. The summed E-state index contributed by atoms with van der Waals surface area (Å²) >= 11 is 0. The Morgan fingerprint density at radius 2 is 1.87 bits per heavy atom. The van der Waals surface area contributed by atoms with E-state index in [4.69, 9.17) is 14.5 Å². The van der Waals surface area contributed by atoms with E-state index in [1.54, 1.807) is 38.6 Å². The summed E-state index contributed by atoms with van der Waals surface area (Å²) in [7, 11) is 6.88. The van der Waals surface area contributed by atoms with E-state index in [2.05, 4.69) is 34.5 Å². The lowest BCUT2D eigenvalue weighted by molar-refractivity contribution is 0.0916. The molecule has 1 aromatic carbocycles. The van der Waals surface area contributed by atoms with Gasteiger partial charge in [-0.2, -0.15) is 0 Å². The van der Waals surface area contributed by atoms with Crippen molar-refractivity contribution in [1.29, 1.82) is 0 Å². The van der Waals surface area contributed by atoms with Gasteiger partial charge in [-0.05, 0) is 82.9 Å². The number of likely N-dealkylation sites (tertiary alicyclic amines) is 1. The standard InChI is InChI=1S/C29H36N6O4/c1-17-7-6-8-20(17)24-25-22(35(3)28(37)26(24)39-5)16-30-29(33-25)32-21-10-9-18(15-23(21)38-4)27(36)31-19-11-13-34(2)14-12-19/h9-10,15-16,19H,6-8,11-14H2,1-5H3,(H,31,36)(H,30,32,33). The van der Waals surface area contributed by atoms with E-state index in [9.17, 15) is 9.59 Å². The molecule has 1 saturated heterocycles. The SMILES string of the molecule is COc1cc(C(=O)NC2CCN(C)CC2)ccc1Nc1ncc2c(n1)c(C1=C(C)CCC1)c(OC)c(=O)n2C. The number of fused-ring (bicyclic) bond motifs is 1. The maximum absolute atomic E-state index is 13.1. The number of carbonyl (C=O) groups excluding carboxylic acids is 1. The van der Waals surface area contributed by atoms with Crippen LogP contribution in [0.15, 0.2) is 34.8 Å². The number of methoxy groups -OCH3 is 2. The molecule has 1 aliphatic carbocycles. The van der Waals surface area contributed by atoms with E-state index in [0.29, 0.717) is 39.7 Å². The second kappa shape index (κ2) is 11.1. The van der Waals surface area contributed by atoms with Crippen molar-refractivity contribution in [2.75, 3.05) is 39.7 Å². The van der Waals surface area contributed by atoms with Crippen molar-refractivity contribution in [3.05, 3.63) is 51.4 Å². The number of nitrogens with zero attached hydrogens (tertiary/aromatic N) is 4. The Hall–Kier alpha value is -3.92. The fourth-order valence-corrected chi connectivity index (χ4v) is 5.52. The van der Waals surface area contributed by atoms with Crippen LogP contribution >= 0.6 is 0 Å². The quantitative estimate of drug-likeness (QED) is 0.472. The highest BCUT2D eigenvalue weighted by Crippen LogP contribution is 2.40. The third-order valence-electron chi connectivity index (χ3n) is 7.86. The number of ether oxygens (including phenoxy) is 2. The van der Waals surface area contributed by atoms with Gasteiger partial charge in [0.25, 0.3) is 11.5 Å². The van der Waals surface area contributed by atoms with Crippen molar-refractivity contribution in [2.24, 2.45) is 7.05 Å². The molecule has 3 aromatic rings. The molecule has 2 N–H and O–H groups in total. The molecule has 0 spiro atoms. The molecule has 10 heteroatoms. The lowest BCUT2D eigenvalue weighted by Crippen LogP contribution is -2.43. The molecule has 0 atom stereocenters. The fourth-order valence-electron chi connectivity index (χ4n) is 5.52. The molecule has 0 unspecified atom stereocenters. The van der Waals surface area contributed by atoms with E-state index in [1.807, 2.05) is 0 Å². The summed E-state index contributed by atoms with van der Waals surface area (Å²) in [5, 5.41) is 6.38. The molecular formula is C29H36N6O4. The minimum absolute atomic E-state index is 0.116. The Labute approximate surface area is 228 Å². The molecule has 1 amide bonds.